The smallest absolute Gasteiger partial charge is 0.410 e. The largest absolute Gasteiger partial charge is 0.444 e. The average molecular weight is 267 g/mol. The van der Waals surface area contributed by atoms with E-state index in [0.29, 0.717) is 12.4 Å². The first-order valence-corrected chi connectivity index (χ1v) is 6.55. The lowest BCUT2D eigenvalue weighted by atomic mass is 9.95. The number of aromatic nitrogens is 1. The summed E-state index contributed by atoms with van der Waals surface area (Å²) in [5.74, 6) is 0.478. The molecule has 1 amide bonds. The molecule has 0 aromatic carbocycles. The van der Waals surface area contributed by atoms with Crippen LogP contribution in [0.15, 0.2) is 10.6 Å². The fourth-order valence-electron chi connectivity index (χ4n) is 2.21. The number of ether oxygens (including phenoxy) is 1. The van der Waals surface area contributed by atoms with Gasteiger partial charge in [-0.05, 0) is 33.6 Å². The summed E-state index contributed by atoms with van der Waals surface area (Å²) >= 11 is 0. The molecule has 6 heteroatoms. The molecule has 1 atom stereocenters. The number of hydrogen-bond acceptors (Lipinski definition) is 5. The van der Waals surface area contributed by atoms with Crippen LogP contribution in [0, 0.1) is 0 Å². The van der Waals surface area contributed by atoms with E-state index in [1.54, 1.807) is 11.0 Å². The zero-order chi connectivity index (χ0) is 14.0. The van der Waals surface area contributed by atoms with Gasteiger partial charge in [0.05, 0.1) is 5.69 Å². The molecule has 1 fully saturated rings. The van der Waals surface area contributed by atoms with E-state index in [1.165, 1.54) is 0 Å². The highest BCUT2D eigenvalue weighted by molar-refractivity contribution is 5.68. The summed E-state index contributed by atoms with van der Waals surface area (Å²) in [5.41, 5.74) is 5.87. The normalized spacial score (nSPS) is 20.4. The van der Waals surface area contributed by atoms with Crippen LogP contribution in [0.25, 0.3) is 0 Å². The van der Waals surface area contributed by atoms with Crippen LogP contribution < -0.4 is 5.73 Å². The molecule has 0 radical (unpaired) electrons. The number of amides is 1. The lowest BCUT2D eigenvalue weighted by Crippen LogP contribution is -2.42. The van der Waals surface area contributed by atoms with Crippen molar-refractivity contribution in [3.8, 4) is 0 Å². The molecule has 0 saturated carbocycles. The second-order valence-electron chi connectivity index (χ2n) is 5.92. The second kappa shape index (κ2) is 5.11. The minimum Gasteiger partial charge on any atom is -0.444 e. The van der Waals surface area contributed by atoms with E-state index in [9.17, 15) is 4.79 Å². The number of anilines is 1. The SMILES string of the molecule is CC(C)(C)OC(=O)N1CCC[C@@H](c2cc(N)on2)C1. The molecule has 2 heterocycles. The van der Waals surface area contributed by atoms with Crippen LogP contribution >= 0.6 is 0 Å². The van der Waals surface area contributed by atoms with Gasteiger partial charge in [0.2, 0.25) is 5.88 Å². The summed E-state index contributed by atoms with van der Waals surface area (Å²) in [4.78, 5) is 13.8. The highest BCUT2D eigenvalue weighted by Gasteiger charge is 2.29. The van der Waals surface area contributed by atoms with Crippen LogP contribution in [0.3, 0.4) is 0 Å². The summed E-state index contributed by atoms with van der Waals surface area (Å²) in [7, 11) is 0. The predicted octanol–water partition coefficient (Wildman–Crippen LogP) is 2.37. The zero-order valence-corrected chi connectivity index (χ0v) is 11.7. The summed E-state index contributed by atoms with van der Waals surface area (Å²) in [6.07, 6.45) is 1.63. The number of nitrogen functional groups attached to an aromatic ring is 1. The zero-order valence-electron chi connectivity index (χ0n) is 11.7. The molecule has 0 unspecified atom stereocenters. The van der Waals surface area contributed by atoms with E-state index < -0.39 is 5.60 Å². The molecule has 106 valence electrons. The molecule has 1 aromatic heterocycles. The van der Waals surface area contributed by atoms with Gasteiger partial charge in [-0.2, -0.15) is 0 Å². The maximum atomic E-state index is 12.0. The first-order chi connectivity index (χ1) is 8.85. The van der Waals surface area contributed by atoms with Crippen LogP contribution in [-0.2, 0) is 4.74 Å². The van der Waals surface area contributed by atoms with Crippen LogP contribution in [0.5, 0.6) is 0 Å². The quantitative estimate of drug-likeness (QED) is 0.844. The van der Waals surface area contributed by atoms with Crippen molar-refractivity contribution in [1.82, 2.24) is 10.1 Å². The lowest BCUT2D eigenvalue weighted by molar-refractivity contribution is 0.0196. The van der Waals surface area contributed by atoms with Crippen LogP contribution in [0.2, 0.25) is 0 Å². The standard InChI is InChI=1S/C13H21N3O3/c1-13(2,3)18-12(17)16-6-4-5-9(8-16)10-7-11(14)19-15-10/h7,9H,4-6,8,14H2,1-3H3/t9-/m1/s1. The fraction of sp³-hybridized carbons (Fsp3) is 0.692. The Labute approximate surface area is 112 Å². The number of carbonyl (C=O) groups is 1. The van der Waals surface area contributed by atoms with Crippen molar-refractivity contribution >= 4 is 12.0 Å². The van der Waals surface area contributed by atoms with Crippen molar-refractivity contribution in [3.05, 3.63) is 11.8 Å². The van der Waals surface area contributed by atoms with Gasteiger partial charge in [-0.3, -0.25) is 0 Å². The number of rotatable bonds is 1. The minimum atomic E-state index is -0.470. The monoisotopic (exact) mass is 267 g/mol. The van der Waals surface area contributed by atoms with Crippen LogP contribution in [-0.4, -0.2) is 34.8 Å². The van der Waals surface area contributed by atoms with E-state index >= 15 is 0 Å². The van der Waals surface area contributed by atoms with Gasteiger partial charge in [0.15, 0.2) is 0 Å². The van der Waals surface area contributed by atoms with E-state index in [4.69, 9.17) is 15.0 Å². The van der Waals surface area contributed by atoms with Crippen molar-refractivity contribution in [2.45, 2.75) is 45.1 Å². The van der Waals surface area contributed by atoms with Gasteiger partial charge in [0.1, 0.15) is 5.60 Å². The van der Waals surface area contributed by atoms with Crippen molar-refractivity contribution in [2.75, 3.05) is 18.8 Å². The molecule has 1 aliphatic heterocycles. The molecule has 1 aromatic rings. The van der Waals surface area contributed by atoms with Gasteiger partial charge >= 0.3 is 6.09 Å². The molecule has 0 spiro atoms. The molecular formula is C13H21N3O3. The predicted molar refractivity (Wildman–Crippen MR) is 70.7 cm³/mol. The molecule has 0 aliphatic carbocycles. The van der Waals surface area contributed by atoms with Crippen molar-refractivity contribution in [2.24, 2.45) is 0 Å². The Kier molecular flexibility index (Phi) is 3.68. The Balaban J connectivity index is 1.99. The minimum absolute atomic E-state index is 0.169. The summed E-state index contributed by atoms with van der Waals surface area (Å²) in [6, 6.07) is 1.73. The number of nitrogens with zero attached hydrogens (tertiary/aromatic N) is 2. The summed E-state index contributed by atoms with van der Waals surface area (Å²) in [5, 5.41) is 3.93. The topological polar surface area (TPSA) is 81.6 Å². The average Bonchev–Trinajstić information content (AvgIpc) is 2.74. The Hall–Kier alpha value is -1.72. The van der Waals surface area contributed by atoms with Crippen molar-refractivity contribution in [3.63, 3.8) is 0 Å². The number of piperidine rings is 1. The van der Waals surface area contributed by atoms with Gasteiger partial charge in [0, 0.05) is 25.1 Å². The lowest BCUT2D eigenvalue weighted by Gasteiger charge is -2.33. The molecule has 19 heavy (non-hydrogen) atoms. The van der Waals surface area contributed by atoms with Crippen LogP contribution in [0.1, 0.15) is 45.2 Å². The molecule has 6 nitrogen and oxygen atoms in total. The van der Waals surface area contributed by atoms with Gasteiger partial charge in [0.25, 0.3) is 0 Å². The molecule has 1 saturated heterocycles. The highest BCUT2D eigenvalue weighted by Crippen LogP contribution is 2.27. The first kappa shape index (κ1) is 13.7. The molecule has 1 aliphatic rings. The number of hydrogen-bond donors (Lipinski definition) is 1. The van der Waals surface area contributed by atoms with Gasteiger partial charge in [-0.1, -0.05) is 5.16 Å². The number of nitrogens with two attached hydrogens (primary N) is 1. The Morgan fingerprint density at radius 1 is 1.58 bits per heavy atom. The van der Waals surface area contributed by atoms with Crippen molar-refractivity contribution < 1.29 is 14.1 Å². The Morgan fingerprint density at radius 2 is 2.32 bits per heavy atom. The van der Waals surface area contributed by atoms with Gasteiger partial charge < -0.3 is 19.9 Å². The third kappa shape index (κ3) is 3.62. The van der Waals surface area contributed by atoms with E-state index in [-0.39, 0.29) is 12.0 Å². The second-order valence-corrected chi connectivity index (χ2v) is 5.92. The maximum absolute atomic E-state index is 12.0. The summed E-state index contributed by atoms with van der Waals surface area (Å²) < 4.78 is 10.3. The van der Waals surface area contributed by atoms with E-state index in [1.807, 2.05) is 20.8 Å². The third-order valence-electron chi connectivity index (χ3n) is 3.04. The van der Waals surface area contributed by atoms with Gasteiger partial charge in [-0.15, -0.1) is 0 Å². The summed E-state index contributed by atoms with van der Waals surface area (Å²) in [6.45, 7) is 6.92. The molecule has 2 rings (SSSR count). The fourth-order valence-corrected chi connectivity index (χ4v) is 2.21. The molecule has 0 bridgehead atoms. The molecular weight excluding hydrogens is 246 g/mol. The Bertz CT molecular complexity index is 450. The maximum Gasteiger partial charge on any atom is 0.410 e. The molecule has 2 N–H and O–H groups in total. The van der Waals surface area contributed by atoms with E-state index in [2.05, 4.69) is 5.16 Å². The third-order valence-corrected chi connectivity index (χ3v) is 3.04. The van der Waals surface area contributed by atoms with E-state index in [0.717, 1.165) is 25.1 Å². The number of carbonyl (C=O) groups excluding carboxylic acids is 1. The highest BCUT2D eigenvalue weighted by atomic mass is 16.6. The van der Waals surface area contributed by atoms with Gasteiger partial charge in [-0.25, -0.2) is 4.79 Å². The number of likely N-dealkylation sites (tertiary alicyclic amines) is 1. The van der Waals surface area contributed by atoms with Crippen LogP contribution in [0.4, 0.5) is 10.7 Å². The van der Waals surface area contributed by atoms with Crippen molar-refractivity contribution in [1.29, 1.82) is 0 Å². The Morgan fingerprint density at radius 3 is 2.89 bits per heavy atom. The first-order valence-electron chi connectivity index (χ1n) is 6.55.